The minimum absolute atomic E-state index is 0.748. The molecule has 0 rings (SSSR count). The van der Waals surface area contributed by atoms with Crippen LogP contribution in [0.25, 0.3) is 0 Å². The minimum Gasteiger partial charge on any atom is -0.329 e. The molecule has 0 aromatic rings. The van der Waals surface area contributed by atoms with E-state index in [9.17, 15) is 0 Å². The Kier molecular flexibility index (Phi) is 6.90. The van der Waals surface area contributed by atoms with Gasteiger partial charge in [-0.1, -0.05) is 12.6 Å². The Morgan fingerprint density at radius 1 is 1.70 bits per heavy atom. The topological polar surface area (TPSA) is 29.3 Å². The standard InChI is InChI=1S/C7H16N2Si/c1-3-5-9(6-4-8)7-10-2/h3H,1,4-8H2,2H3. The molecule has 2 nitrogen and oxygen atoms in total. The van der Waals surface area contributed by atoms with Crippen molar-refractivity contribution in [3.63, 3.8) is 0 Å². The maximum absolute atomic E-state index is 5.42. The highest BCUT2D eigenvalue weighted by Crippen LogP contribution is 1.84. The number of nitrogens with zero attached hydrogens (tertiary/aromatic N) is 1. The fourth-order valence-electron chi connectivity index (χ4n) is 0.824. The van der Waals surface area contributed by atoms with Crippen LogP contribution in [0.1, 0.15) is 0 Å². The van der Waals surface area contributed by atoms with E-state index >= 15 is 0 Å². The van der Waals surface area contributed by atoms with E-state index < -0.39 is 0 Å². The first-order valence-corrected chi connectivity index (χ1v) is 5.23. The van der Waals surface area contributed by atoms with E-state index in [4.69, 9.17) is 5.73 Å². The summed E-state index contributed by atoms with van der Waals surface area (Å²) in [6.07, 6.45) is 3.08. The van der Waals surface area contributed by atoms with Gasteiger partial charge in [0.2, 0.25) is 0 Å². The van der Waals surface area contributed by atoms with Gasteiger partial charge in [0.1, 0.15) is 0 Å². The van der Waals surface area contributed by atoms with Crippen LogP contribution in [0.4, 0.5) is 0 Å². The van der Waals surface area contributed by atoms with Gasteiger partial charge in [0.15, 0.2) is 0 Å². The van der Waals surface area contributed by atoms with Crippen molar-refractivity contribution in [1.82, 2.24) is 4.90 Å². The molecule has 0 atom stereocenters. The SMILES string of the molecule is C=CCN(CCN)C[Si]C. The summed E-state index contributed by atoms with van der Waals surface area (Å²) in [5.41, 5.74) is 5.42. The van der Waals surface area contributed by atoms with Gasteiger partial charge in [0.25, 0.3) is 0 Å². The van der Waals surface area contributed by atoms with E-state index in [0.29, 0.717) is 0 Å². The minimum atomic E-state index is 0.748. The molecule has 0 saturated carbocycles. The average molecular weight is 156 g/mol. The lowest BCUT2D eigenvalue weighted by atomic mass is 10.5. The second-order valence-corrected chi connectivity index (χ2v) is 3.19. The van der Waals surface area contributed by atoms with E-state index in [0.717, 1.165) is 35.3 Å². The first-order chi connectivity index (χ1) is 4.85. The molecule has 3 heteroatoms. The highest BCUT2D eigenvalue weighted by atomic mass is 28.2. The first kappa shape index (κ1) is 9.88. The van der Waals surface area contributed by atoms with Crippen LogP contribution in [0.15, 0.2) is 12.7 Å². The Labute approximate surface area is 65.9 Å². The van der Waals surface area contributed by atoms with Crippen molar-refractivity contribution in [1.29, 1.82) is 0 Å². The highest BCUT2D eigenvalue weighted by Gasteiger charge is 1.97. The quantitative estimate of drug-likeness (QED) is 0.438. The van der Waals surface area contributed by atoms with Crippen molar-refractivity contribution < 1.29 is 0 Å². The Hall–Kier alpha value is -0.123. The lowest BCUT2D eigenvalue weighted by Crippen LogP contribution is -2.32. The second kappa shape index (κ2) is 6.99. The van der Waals surface area contributed by atoms with E-state index in [1.807, 2.05) is 6.08 Å². The zero-order valence-corrected chi connectivity index (χ0v) is 7.64. The molecule has 0 fully saturated rings. The van der Waals surface area contributed by atoms with Gasteiger partial charge < -0.3 is 10.6 Å². The Morgan fingerprint density at radius 3 is 2.80 bits per heavy atom. The maximum atomic E-state index is 5.42. The van der Waals surface area contributed by atoms with Gasteiger partial charge in [0.05, 0.1) is 9.52 Å². The molecule has 0 bridgehead atoms. The van der Waals surface area contributed by atoms with Gasteiger partial charge in [-0.25, -0.2) is 0 Å². The smallest absolute Gasteiger partial charge is 0.0532 e. The third-order valence-corrected chi connectivity index (χ3v) is 1.98. The monoisotopic (exact) mass is 156 g/mol. The van der Waals surface area contributed by atoms with Crippen molar-refractivity contribution in [2.45, 2.75) is 6.55 Å². The second-order valence-electron chi connectivity index (χ2n) is 2.17. The molecule has 2 radical (unpaired) electrons. The summed E-state index contributed by atoms with van der Waals surface area (Å²) in [7, 11) is 0.980. The van der Waals surface area contributed by atoms with Gasteiger partial charge in [0, 0.05) is 19.6 Å². The van der Waals surface area contributed by atoms with Crippen molar-refractivity contribution >= 4 is 9.52 Å². The fourth-order valence-corrected chi connectivity index (χ4v) is 1.56. The maximum Gasteiger partial charge on any atom is 0.0532 e. The summed E-state index contributed by atoms with van der Waals surface area (Å²) in [6.45, 7) is 8.60. The predicted octanol–water partition coefficient (Wildman–Crippen LogP) is 0.143. The largest absolute Gasteiger partial charge is 0.329 e. The molecule has 0 aliphatic heterocycles. The molecule has 0 amide bonds. The van der Waals surface area contributed by atoms with Crippen molar-refractivity contribution in [3.8, 4) is 0 Å². The fraction of sp³-hybridized carbons (Fsp3) is 0.714. The number of hydrogen-bond donors (Lipinski definition) is 1. The lowest BCUT2D eigenvalue weighted by molar-refractivity contribution is 0.360. The summed E-state index contributed by atoms with van der Waals surface area (Å²) < 4.78 is 0. The zero-order valence-electron chi connectivity index (χ0n) is 6.64. The van der Waals surface area contributed by atoms with Gasteiger partial charge in [-0.2, -0.15) is 0 Å². The molecule has 0 aromatic carbocycles. The Balaban J connectivity index is 3.38. The number of nitrogens with two attached hydrogens (primary N) is 1. The van der Waals surface area contributed by atoms with Crippen LogP contribution in [0.5, 0.6) is 0 Å². The summed E-state index contributed by atoms with van der Waals surface area (Å²) >= 11 is 0. The molecule has 10 heavy (non-hydrogen) atoms. The van der Waals surface area contributed by atoms with E-state index in [1.165, 1.54) is 0 Å². The molecular weight excluding hydrogens is 140 g/mol. The molecule has 58 valence electrons. The van der Waals surface area contributed by atoms with Gasteiger partial charge in [-0.05, 0) is 6.17 Å². The number of hydrogen-bond acceptors (Lipinski definition) is 2. The normalized spacial score (nSPS) is 10.3. The zero-order chi connectivity index (χ0) is 7.82. The van der Waals surface area contributed by atoms with Crippen molar-refractivity contribution in [2.24, 2.45) is 5.73 Å². The molecule has 0 heterocycles. The molecular formula is C7H16N2Si. The van der Waals surface area contributed by atoms with E-state index in [-0.39, 0.29) is 0 Å². The highest BCUT2D eigenvalue weighted by molar-refractivity contribution is 6.33. The van der Waals surface area contributed by atoms with Crippen LogP contribution < -0.4 is 5.73 Å². The van der Waals surface area contributed by atoms with Gasteiger partial charge in [-0.3, -0.25) is 0 Å². The first-order valence-electron chi connectivity index (χ1n) is 3.53. The van der Waals surface area contributed by atoms with Gasteiger partial charge in [-0.15, -0.1) is 6.58 Å². The van der Waals surface area contributed by atoms with Crippen LogP contribution in [-0.4, -0.2) is 40.2 Å². The van der Waals surface area contributed by atoms with Crippen molar-refractivity contribution in [3.05, 3.63) is 12.7 Å². The molecule has 0 saturated heterocycles. The van der Waals surface area contributed by atoms with Gasteiger partial charge >= 0.3 is 0 Å². The van der Waals surface area contributed by atoms with Crippen LogP contribution in [-0.2, 0) is 0 Å². The third-order valence-electron chi connectivity index (χ3n) is 1.21. The van der Waals surface area contributed by atoms with Crippen LogP contribution in [0, 0.1) is 0 Å². The molecule has 0 aromatic heterocycles. The molecule has 2 N–H and O–H groups in total. The Bertz CT molecular complexity index is 79.7. The summed E-state index contributed by atoms with van der Waals surface area (Å²) in [6, 6.07) is 0. The van der Waals surface area contributed by atoms with Crippen LogP contribution in [0.2, 0.25) is 6.55 Å². The summed E-state index contributed by atoms with van der Waals surface area (Å²) in [4.78, 5) is 2.31. The lowest BCUT2D eigenvalue weighted by Gasteiger charge is -2.17. The Morgan fingerprint density at radius 2 is 2.40 bits per heavy atom. The third kappa shape index (κ3) is 4.73. The van der Waals surface area contributed by atoms with Crippen molar-refractivity contribution in [2.75, 3.05) is 25.8 Å². The van der Waals surface area contributed by atoms with E-state index in [1.54, 1.807) is 0 Å². The summed E-state index contributed by atoms with van der Waals surface area (Å²) in [5, 5.41) is 0. The van der Waals surface area contributed by atoms with E-state index in [2.05, 4.69) is 18.0 Å². The predicted molar refractivity (Wildman–Crippen MR) is 47.3 cm³/mol. The summed E-state index contributed by atoms with van der Waals surface area (Å²) in [5.74, 6) is 0. The average Bonchev–Trinajstić information content (AvgIpc) is 1.90. The molecule has 0 spiro atoms. The van der Waals surface area contributed by atoms with Crippen LogP contribution in [0.3, 0.4) is 0 Å². The molecule has 0 unspecified atom stereocenters. The van der Waals surface area contributed by atoms with Crippen LogP contribution >= 0.6 is 0 Å². The number of rotatable bonds is 6. The molecule has 0 aliphatic carbocycles. The molecule has 0 aliphatic rings.